The first-order chi connectivity index (χ1) is 11.0. The molecule has 3 rings (SSSR count). The maximum atomic E-state index is 12.9. The Balaban J connectivity index is 1.79. The highest BCUT2D eigenvalue weighted by atomic mass is 19.1. The Bertz CT molecular complexity index is 850. The third kappa shape index (κ3) is 3.31. The van der Waals surface area contributed by atoms with E-state index in [1.54, 1.807) is 24.3 Å². The highest BCUT2D eigenvalue weighted by molar-refractivity contribution is 6.03. The summed E-state index contributed by atoms with van der Waals surface area (Å²) in [6, 6.07) is 15.0. The summed E-state index contributed by atoms with van der Waals surface area (Å²) in [5.74, 6) is 0.110. The molecule has 116 valence electrons. The third-order valence-corrected chi connectivity index (χ3v) is 3.59. The van der Waals surface area contributed by atoms with Crippen molar-refractivity contribution in [2.45, 2.75) is 13.8 Å². The van der Waals surface area contributed by atoms with Crippen molar-refractivity contribution in [3.63, 3.8) is 0 Å². The molecule has 0 aliphatic carbocycles. The van der Waals surface area contributed by atoms with Crippen LogP contribution in [0.4, 0.5) is 10.1 Å². The number of rotatable bonds is 3. The van der Waals surface area contributed by atoms with Gasteiger partial charge in [0, 0.05) is 11.3 Å². The van der Waals surface area contributed by atoms with Gasteiger partial charge in [-0.1, -0.05) is 17.7 Å². The molecule has 0 aliphatic rings. The van der Waals surface area contributed by atoms with Gasteiger partial charge in [0.15, 0.2) is 5.76 Å². The zero-order valence-corrected chi connectivity index (χ0v) is 12.9. The SMILES string of the molecule is Cc1ccc(NC(=O)c2ccc(-c3ccc(F)cc3)o2)c(C)c1. The number of aryl methyl sites for hydroxylation is 2. The van der Waals surface area contributed by atoms with Crippen molar-refractivity contribution in [2.75, 3.05) is 5.32 Å². The van der Waals surface area contributed by atoms with Gasteiger partial charge in [-0.2, -0.15) is 0 Å². The van der Waals surface area contributed by atoms with E-state index in [9.17, 15) is 9.18 Å². The number of anilines is 1. The van der Waals surface area contributed by atoms with Crippen molar-refractivity contribution in [1.29, 1.82) is 0 Å². The lowest BCUT2D eigenvalue weighted by atomic mass is 10.1. The molecule has 0 saturated heterocycles. The summed E-state index contributed by atoms with van der Waals surface area (Å²) >= 11 is 0. The van der Waals surface area contributed by atoms with Crippen LogP contribution in [0.3, 0.4) is 0 Å². The fourth-order valence-corrected chi connectivity index (χ4v) is 2.37. The van der Waals surface area contributed by atoms with Gasteiger partial charge in [-0.25, -0.2) is 4.39 Å². The molecule has 1 amide bonds. The van der Waals surface area contributed by atoms with E-state index in [-0.39, 0.29) is 17.5 Å². The van der Waals surface area contributed by atoms with E-state index in [1.165, 1.54) is 12.1 Å². The zero-order chi connectivity index (χ0) is 16.4. The Morgan fingerprint density at radius 2 is 1.74 bits per heavy atom. The van der Waals surface area contributed by atoms with Gasteiger partial charge in [0.25, 0.3) is 5.91 Å². The van der Waals surface area contributed by atoms with Crippen LogP contribution in [0, 0.1) is 19.7 Å². The Morgan fingerprint density at radius 3 is 2.43 bits per heavy atom. The molecule has 2 aromatic carbocycles. The zero-order valence-electron chi connectivity index (χ0n) is 12.9. The van der Waals surface area contributed by atoms with Gasteiger partial charge in [-0.05, 0) is 61.9 Å². The van der Waals surface area contributed by atoms with Crippen molar-refractivity contribution in [2.24, 2.45) is 0 Å². The second-order valence-corrected chi connectivity index (χ2v) is 5.44. The topological polar surface area (TPSA) is 42.2 Å². The number of carbonyl (C=O) groups excluding carboxylic acids is 1. The van der Waals surface area contributed by atoms with Crippen molar-refractivity contribution >= 4 is 11.6 Å². The average Bonchev–Trinajstić information content (AvgIpc) is 3.01. The van der Waals surface area contributed by atoms with Gasteiger partial charge in [0.2, 0.25) is 0 Å². The summed E-state index contributed by atoms with van der Waals surface area (Å²) in [4.78, 5) is 12.3. The van der Waals surface area contributed by atoms with Crippen molar-refractivity contribution in [3.05, 3.63) is 77.3 Å². The second-order valence-electron chi connectivity index (χ2n) is 5.44. The van der Waals surface area contributed by atoms with Crippen LogP contribution in [0.2, 0.25) is 0 Å². The molecule has 1 heterocycles. The minimum Gasteiger partial charge on any atom is -0.451 e. The van der Waals surface area contributed by atoms with Crippen LogP contribution in [-0.2, 0) is 0 Å². The van der Waals surface area contributed by atoms with Gasteiger partial charge < -0.3 is 9.73 Å². The Hall–Kier alpha value is -2.88. The molecule has 0 fully saturated rings. The van der Waals surface area contributed by atoms with E-state index in [1.807, 2.05) is 32.0 Å². The normalized spacial score (nSPS) is 10.6. The second kappa shape index (κ2) is 6.08. The highest BCUT2D eigenvalue weighted by Crippen LogP contribution is 2.23. The standard InChI is InChI=1S/C19H16FNO2/c1-12-3-8-16(13(2)11-12)21-19(22)18-10-9-17(23-18)14-4-6-15(20)7-5-14/h3-11H,1-2H3,(H,21,22). The van der Waals surface area contributed by atoms with E-state index >= 15 is 0 Å². The van der Waals surface area contributed by atoms with Crippen LogP contribution >= 0.6 is 0 Å². The van der Waals surface area contributed by atoms with Gasteiger partial charge in [0.1, 0.15) is 11.6 Å². The number of nitrogens with one attached hydrogen (secondary N) is 1. The number of hydrogen-bond donors (Lipinski definition) is 1. The average molecular weight is 309 g/mol. The summed E-state index contributed by atoms with van der Waals surface area (Å²) in [5, 5.41) is 2.83. The lowest BCUT2D eigenvalue weighted by Crippen LogP contribution is -2.11. The van der Waals surface area contributed by atoms with Crippen molar-refractivity contribution in [3.8, 4) is 11.3 Å². The minimum atomic E-state index is -0.315. The van der Waals surface area contributed by atoms with E-state index < -0.39 is 0 Å². The molecule has 23 heavy (non-hydrogen) atoms. The number of carbonyl (C=O) groups is 1. The molecule has 3 nitrogen and oxygen atoms in total. The minimum absolute atomic E-state index is 0.212. The first-order valence-corrected chi connectivity index (χ1v) is 7.27. The first kappa shape index (κ1) is 15.0. The molecule has 0 aliphatic heterocycles. The molecule has 4 heteroatoms. The van der Waals surface area contributed by atoms with Crippen molar-refractivity contribution < 1.29 is 13.6 Å². The molecular formula is C19H16FNO2. The van der Waals surface area contributed by atoms with Crippen LogP contribution in [0.25, 0.3) is 11.3 Å². The van der Waals surface area contributed by atoms with Crippen LogP contribution in [0.5, 0.6) is 0 Å². The van der Waals surface area contributed by atoms with Crippen LogP contribution in [0.1, 0.15) is 21.7 Å². The lowest BCUT2D eigenvalue weighted by Gasteiger charge is -2.07. The largest absolute Gasteiger partial charge is 0.451 e. The molecule has 0 radical (unpaired) electrons. The summed E-state index contributed by atoms with van der Waals surface area (Å²) in [6.45, 7) is 3.94. The van der Waals surface area contributed by atoms with Gasteiger partial charge in [0.05, 0.1) is 0 Å². The molecule has 0 atom stereocenters. The van der Waals surface area contributed by atoms with E-state index in [0.717, 1.165) is 22.4 Å². The fourth-order valence-electron chi connectivity index (χ4n) is 2.37. The molecule has 0 unspecified atom stereocenters. The van der Waals surface area contributed by atoms with E-state index in [4.69, 9.17) is 4.42 Å². The van der Waals surface area contributed by atoms with E-state index in [2.05, 4.69) is 5.32 Å². The van der Waals surface area contributed by atoms with Crippen molar-refractivity contribution in [1.82, 2.24) is 0 Å². The first-order valence-electron chi connectivity index (χ1n) is 7.27. The summed E-state index contributed by atoms with van der Waals surface area (Å²) in [7, 11) is 0. The van der Waals surface area contributed by atoms with Crippen LogP contribution < -0.4 is 5.32 Å². The Morgan fingerprint density at radius 1 is 1.00 bits per heavy atom. The summed E-state index contributed by atoms with van der Waals surface area (Å²) in [6.07, 6.45) is 0. The number of amides is 1. The smallest absolute Gasteiger partial charge is 0.291 e. The Labute approximate surface area is 133 Å². The molecule has 0 spiro atoms. The molecule has 0 bridgehead atoms. The predicted molar refractivity (Wildman–Crippen MR) is 88.0 cm³/mol. The summed E-state index contributed by atoms with van der Waals surface area (Å²) in [5.41, 5.74) is 3.60. The molecule has 1 aromatic heterocycles. The number of hydrogen-bond acceptors (Lipinski definition) is 2. The van der Waals surface area contributed by atoms with Crippen LogP contribution in [0.15, 0.2) is 59.0 Å². The number of halogens is 1. The van der Waals surface area contributed by atoms with Crippen LogP contribution in [-0.4, -0.2) is 5.91 Å². The summed E-state index contributed by atoms with van der Waals surface area (Å²) < 4.78 is 18.5. The van der Waals surface area contributed by atoms with E-state index in [0.29, 0.717) is 5.76 Å². The highest BCUT2D eigenvalue weighted by Gasteiger charge is 2.13. The lowest BCUT2D eigenvalue weighted by molar-refractivity contribution is 0.0997. The maximum Gasteiger partial charge on any atom is 0.291 e. The molecule has 1 N–H and O–H groups in total. The predicted octanol–water partition coefficient (Wildman–Crippen LogP) is 4.95. The molecule has 0 saturated carbocycles. The Kier molecular flexibility index (Phi) is 3.98. The van der Waals surface area contributed by atoms with Gasteiger partial charge in [-0.15, -0.1) is 0 Å². The number of benzene rings is 2. The van der Waals surface area contributed by atoms with Gasteiger partial charge in [-0.3, -0.25) is 4.79 Å². The van der Waals surface area contributed by atoms with Gasteiger partial charge >= 0.3 is 0 Å². The fraction of sp³-hybridized carbons (Fsp3) is 0.105. The quantitative estimate of drug-likeness (QED) is 0.743. The molecule has 3 aromatic rings. The molecular weight excluding hydrogens is 293 g/mol. The monoisotopic (exact) mass is 309 g/mol. The maximum absolute atomic E-state index is 12.9. The number of furan rings is 1. The third-order valence-electron chi connectivity index (χ3n) is 3.59.